The molecule has 5 aromatic rings. The van der Waals surface area contributed by atoms with Crippen LogP contribution >= 0.6 is 11.8 Å². The van der Waals surface area contributed by atoms with Gasteiger partial charge in [0.05, 0.1) is 35.1 Å². The standard InChI is InChI=1S/C28H15N7S/c29-12-19-16-32-22(17-31-19)21-7-5-6-20(18-14-33-27(13-30)34-15-18)28(21)35-23-8-1-3-10-25(23)36-26-11-4-2-9-24(26)35/h1-11,14-17H. The number of para-hydroxylation sites is 3. The number of benzene rings is 3. The van der Waals surface area contributed by atoms with Crippen molar-refractivity contribution in [2.24, 2.45) is 0 Å². The van der Waals surface area contributed by atoms with Crippen molar-refractivity contribution in [1.82, 2.24) is 19.9 Å². The highest BCUT2D eigenvalue weighted by Crippen LogP contribution is 2.54. The van der Waals surface area contributed by atoms with Crippen LogP contribution < -0.4 is 4.90 Å². The van der Waals surface area contributed by atoms with Crippen molar-refractivity contribution in [3.8, 4) is 34.5 Å². The number of nitriles is 2. The Bertz CT molecular complexity index is 1560. The molecule has 0 fully saturated rings. The van der Waals surface area contributed by atoms with E-state index in [1.165, 1.54) is 6.20 Å². The van der Waals surface area contributed by atoms with Crippen molar-refractivity contribution >= 4 is 28.8 Å². The van der Waals surface area contributed by atoms with Crippen LogP contribution in [-0.4, -0.2) is 19.9 Å². The average Bonchev–Trinajstić information content (AvgIpc) is 2.95. The average molecular weight is 482 g/mol. The first-order valence-electron chi connectivity index (χ1n) is 11.0. The van der Waals surface area contributed by atoms with Gasteiger partial charge in [0.25, 0.3) is 0 Å². The Hall–Kier alpha value is -5.05. The molecule has 0 amide bonds. The first-order valence-corrected chi connectivity index (χ1v) is 11.8. The molecule has 0 unspecified atom stereocenters. The fraction of sp³-hybridized carbons (Fsp3) is 0. The van der Waals surface area contributed by atoms with Crippen molar-refractivity contribution in [2.75, 3.05) is 4.90 Å². The maximum absolute atomic E-state index is 9.21. The zero-order valence-corrected chi connectivity index (χ0v) is 19.5. The minimum atomic E-state index is 0.111. The zero-order chi connectivity index (χ0) is 24.5. The van der Waals surface area contributed by atoms with E-state index in [4.69, 9.17) is 0 Å². The van der Waals surface area contributed by atoms with Gasteiger partial charge in [-0.2, -0.15) is 10.5 Å². The van der Waals surface area contributed by atoms with E-state index >= 15 is 0 Å². The van der Waals surface area contributed by atoms with Crippen molar-refractivity contribution in [3.63, 3.8) is 0 Å². The molecule has 1 aliphatic heterocycles. The van der Waals surface area contributed by atoms with Crippen LogP contribution in [0.2, 0.25) is 0 Å². The summed E-state index contributed by atoms with van der Waals surface area (Å²) in [7, 11) is 0. The third-order valence-electron chi connectivity index (χ3n) is 5.80. The Kier molecular flexibility index (Phi) is 5.34. The van der Waals surface area contributed by atoms with Gasteiger partial charge in [0.2, 0.25) is 5.82 Å². The molecule has 7 nitrogen and oxygen atoms in total. The Labute approximate surface area is 211 Å². The lowest BCUT2D eigenvalue weighted by atomic mass is 9.98. The molecule has 0 saturated heterocycles. The summed E-state index contributed by atoms with van der Waals surface area (Å²) in [5, 5.41) is 18.4. The molecule has 0 bridgehead atoms. The number of fused-ring (bicyclic) bond motifs is 2. The molecule has 3 heterocycles. The first kappa shape index (κ1) is 21.5. The number of aromatic nitrogens is 4. The fourth-order valence-corrected chi connectivity index (χ4v) is 5.28. The Morgan fingerprint density at radius 3 is 1.92 bits per heavy atom. The van der Waals surface area contributed by atoms with Crippen molar-refractivity contribution in [2.45, 2.75) is 9.79 Å². The minimum Gasteiger partial charge on any atom is -0.307 e. The minimum absolute atomic E-state index is 0.111. The van der Waals surface area contributed by atoms with E-state index in [-0.39, 0.29) is 11.5 Å². The number of hydrogen-bond acceptors (Lipinski definition) is 8. The quantitative estimate of drug-likeness (QED) is 0.291. The third-order valence-corrected chi connectivity index (χ3v) is 6.93. The number of anilines is 3. The van der Waals surface area contributed by atoms with E-state index in [2.05, 4.69) is 49.1 Å². The van der Waals surface area contributed by atoms with Crippen LogP contribution in [0.15, 0.2) is 101 Å². The number of hydrogen-bond donors (Lipinski definition) is 0. The smallest absolute Gasteiger partial charge is 0.232 e. The van der Waals surface area contributed by atoms with Gasteiger partial charge in [0.15, 0.2) is 5.69 Å². The second kappa shape index (κ2) is 8.95. The molecule has 168 valence electrons. The van der Waals surface area contributed by atoms with Crippen LogP contribution in [0.1, 0.15) is 11.5 Å². The van der Waals surface area contributed by atoms with Crippen molar-refractivity contribution in [3.05, 3.63) is 103 Å². The van der Waals surface area contributed by atoms with E-state index in [1.807, 2.05) is 54.6 Å². The maximum Gasteiger partial charge on any atom is 0.232 e. The molecule has 0 radical (unpaired) electrons. The van der Waals surface area contributed by atoms with Crippen molar-refractivity contribution in [1.29, 1.82) is 10.5 Å². The molecule has 8 heteroatoms. The van der Waals surface area contributed by atoms with Gasteiger partial charge in [-0.1, -0.05) is 54.2 Å². The Balaban J connectivity index is 1.67. The molecular formula is C28H15N7S. The highest BCUT2D eigenvalue weighted by Gasteiger charge is 2.29. The van der Waals surface area contributed by atoms with Gasteiger partial charge in [-0.25, -0.2) is 15.0 Å². The largest absolute Gasteiger partial charge is 0.307 e. The normalized spacial score (nSPS) is 11.7. The molecule has 0 spiro atoms. The lowest BCUT2D eigenvalue weighted by Crippen LogP contribution is -2.17. The van der Waals surface area contributed by atoms with Crippen LogP contribution in [0.5, 0.6) is 0 Å². The van der Waals surface area contributed by atoms with E-state index in [9.17, 15) is 10.5 Å². The Morgan fingerprint density at radius 1 is 0.639 bits per heavy atom. The van der Waals surface area contributed by atoms with E-state index in [1.54, 1.807) is 30.4 Å². The van der Waals surface area contributed by atoms with Gasteiger partial charge in [-0.15, -0.1) is 0 Å². The topological polar surface area (TPSA) is 102 Å². The highest BCUT2D eigenvalue weighted by molar-refractivity contribution is 7.99. The van der Waals surface area contributed by atoms with Gasteiger partial charge in [0, 0.05) is 38.9 Å². The predicted molar refractivity (Wildman–Crippen MR) is 137 cm³/mol. The summed E-state index contributed by atoms with van der Waals surface area (Å²) in [6.45, 7) is 0. The molecule has 2 aromatic heterocycles. The van der Waals surface area contributed by atoms with Crippen LogP contribution in [-0.2, 0) is 0 Å². The number of rotatable bonds is 3. The summed E-state index contributed by atoms with van der Waals surface area (Å²) in [5.74, 6) is 0.111. The zero-order valence-electron chi connectivity index (χ0n) is 18.7. The van der Waals surface area contributed by atoms with Gasteiger partial charge >= 0.3 is 0 Å². The first-order chi connectivity index (χ1) is 17.8. The van der Waals surface area contributed by atoms with Crippen LogP contribution in [0.3, 0.4) is 0 Å². The summed E-state index contributed by atoms with van der Waals surface area (Å²) in [5.41, 5.74) is 6.31. The summed E-state index contributed by atoms with van der Waals surface area (Å²) in [6, 6.07) is 26.5. The van der Waals surface area contributed by atoms with E-state index in [0.29, 0.717) is 5.69 Å². The maximum atomic E-state index is 9.21. The van der Waals surface area contributed by atoms with E-state index in [0.717, 1.165) is 43.5 Å². The van der Waals surface area contributed by atoms with Crippen LogP contribution in [0.25, 0.3) is 22.4 Å². The SMILES string of the molecule is N#Cc1cnc(-c2cccc(-c3cnc(C#N)nc3)c2N2c3ccccc3Sc3ccccc32)cn1. The van der Waals surface area contributed by atoms with Gasteiger partial charge in [0.1, 0.15) is 12.1 Å². The van der Waals surface area contributed by atoms with Crippen molar-refractivity contribution < 1.29 is 0 Å². The molecule has 0 atom stereocenters. The lowest BCUT2D eigenvalue weighted by Gasteiger charge is -2.35. The van der Waals surface area contributed by atoms with E-state index < -0.39 is 0 Å². The molecule has 0 aliphatic carbocycles. The monoisotopic (exact) mass is 481 g/mol. The van der Waals surface area contributed by atoms with Gasteiger partial charge in [-0.3, -0.25) is 4.98 Å². The Morgan fingerprint density at radius 2 is 1.31 bits per heavy atom. The second-order valence-electron chi connectivity index (χ2n) is 7.88. The fourth-order valence-electron chi connectivity index (χ4n) is 4.22. The molecule has 1 aliphatic rings. The number of nitrogens with zero attached hydrogens (tertiary/aromatic N) is 7. The van der Waals surface area contributed by atoms with Crippen LogP contribution in [0, 0.1) is 22.7 Å². The molecule has 3 aromatic carbocycles. The molecule has 6 rings (SSSR count). The summed E-state index contributed by atoms with van der Waals surface area (Å²) in [4.78, 5) is 21.7. The summed E-state index contributed by atoms with van der Waals surface area (Å²) < 4.78 is 0. The van der Waals surface area contributed by atoms with Crippen LogP contribution in [0.4, 0.5) is 17.1 Å². The summed E-state index contributed by atoms with van der Waals surface area (Å²) in [6.07, 6.45) is 6.42. The lowest BCUT2D eigenvalue weighted by molar-refractivity contribution is 1.11. The molecule has 0 N–H and O–H groups in total. The highest BCUT2D eigenvalue weighted by atomic mass is 32.2. The predicted octanol–water partition coefficient (Wildman–Crippen LogP) is 6.28. The van der Waals surface area contributed by atoms with Gasteiger partial charge < -0.3 is 4.90 Å². The van der Waals surface area contributed by atoms with Gasteiger partial charge in [-0.05, 0) is 24.3 Å². The summed E-state index contributed by atoms with van der Waals surface area (Å²) >= 11 is 1.73. The molecule has 36 heavy (non-hydrogen) atoms. The molecular weight excluding hydrogens is 466 g/mol. The second-order valence-corrected chi connectivity index (χ2v) is 8.96. The third kappa shape index (κ3) is 3.63. The molecule has 0 saturated carbocycles.